The second kappa shape index (κ2) is 4.29. The fourth-order valence-corrected chi connectivity index (χ4v) is 1.96. The number of hydrogen-bond acceptors (Lipinski definition) is 3. The molecule has 2 aromatic heterocycles. The molecular formula is C12H15N5O. The van der Waals surface area contributed by atoms with Crippen molar-refractivity contribution in [1.29, 1.82) is 0 Å². The molecule has 0 spiro atoms. The highest BCUT2D eigenvalue weighted by Gasteiger charge is 2.33. The number of aromatic nitrogens is 4. The van der Waals surface area contributed by atoms with Crippen LogP contribution in [0, 0.1) is 0 Å². The van der Waals surface area contributed by atoms with Crippen molar-refractivity contribution in [2.45, 2.75) is 25.4 Å². The Morgan fingerprint density at radius 1 is 1.44 bits per heavy atom. The van der Waals surface area contributed by atoms with E-state index in [1.807, 2.05) is 22.7 Å². The quantitative estimate of drug-likeness (QED) is 0.817. The lowest BCUT2D eigenvalue weighted by atomic mass is 10.4. The Kier molecular flexibility index (Phi) is 2.62. The van der Waals surface area contributed by atoms with Crippen molar-refractivity contribution in [1.82, 2.24) is 24.0 Å². The fourth-order valence-electron chi connectivity index (χ4n) is 1.96. The third-order valence-corrected chi connectivity index (χ3v) is 3.19. The maximum atomic E-state index is 12.3. The van der Waals surface area contributed by atoms with Crippen LogP contribution in [0.4, 0.5) is 4.79 Å². The van der Waals surface area contributed by atoms with Gasteiger partial charge in [-0.25, -0.2) is 14.8 Å². The fraction of sp³-hybridized carbons (Fsp3) is 0.417. The van der Waals surface area contributed by atoms with E-state index in [1.54, 1.807) is 18.6 Å². The molecule has 1 amide bonds. The van der Waals surface area contributed by atoms with Crippen LogP contribution in [-0.2, 0) is 13.6 Å². The second-order valence-electron chi connectivity index (χ2n) is 4.57. The summed E-state index contributed by atoms with van der Waals surface area (Å²) in [6, 6.07) is 0.314. The minimum absolute atomic E-state index is 0.0296. The lowest BCUT2D eigenvalue weighted by molar-refractivity contribution is 0.191. The van der Waals surface area contributed by atoms with Gasteiger partial charge >= 0.3 is 6.03 Å². The molecule has 94 valence electrons. The van der Waals surface area contributed by atoms with Gasteiger partial charge in [0.1, 0.15) is 12.2 Å². The minimum Gasteiger partial charge on any atom is -0.337 e. The zero-order valence-electron chi connectivity index (χ0n) is 10.2. The van der Waals surface area contributed by atoms with Gasteiger partial charge in [0.25, 0.3) is 0 Å². The summed E-state index contributed by atoms with van der Waals surface area (Å²) in [4.78, 5) is 22.4. The van der Waals surface area contributed by atoms with Gasteiger partial charge in [-0.1, -0.05) is 0 Å². The minimum atomic E-state index is -0.0296. The number of hydrogen-bond donors (Lipinski definition) is 0. The number of rotatable bonds is 3. The summed E-state index contributed by atoms with van der Waals surface area (Å²) in [6.07, 6.45) is 10.6. The molecule has 0 unspecified atom stereocenters. The first-order valence-corrected chi connectivity index (χ1v) is 6.01. The first-order valence-electron chi connectivity index (χ1n) is 6.01. The van der Waals surface area contributed by atoms with Crippen LogP contribution in [0.1, 0.15) is 18.7 Å². The van der Waals surface area contributed by atoms with E-state index < -0.39 is 0 Å². The summed E-state index contributed by atoms with van der Waals surface area (Å²) in [5.74, 6) is 0.898. The molecule has 0 N–H and O–H groups in total. The molecule has 0 bridgehead atoms. The molecule has 2 heterocycles. The predicted molar refractivity (Wildman–Crippen MR) is 64.8 cm³/mol. The molecular weight excluding hydrogens is 230 g/mol. The van der Waals surface area contributed by atoms with Gasteiger partial charge in [0.05, 0.1) is 6.54 Å². The number of amides is 1. The van der Waals surface area contributed by atoms with E-state index in [4.69, 9.17) is 0 Å². The first kappa shape index (κ1) is 11.0. The molecule has 6 heteroatoms. The van der Waals surface area contributed by atoms with Crippen molar-refractivity contribution in [2.24, 2.45) is 7.05 Å². The second-order valence-corrected chi connectivity index (χ2v) is 4.57. The normalized spacial score (nSPS) is 14.7. The first-order chi connectivity index (χ1) is 8.75. The van der Waals surface area contributed by atoms with E-state index in [0.29, 0.717) is 12.6 Å². The summed E-state index contributed by atoms with van der Waals surface area (Å²) in [7, 11) is 1.94. The third kappa shape index (κ3) is 2.01. The van der Waals surface area contributed by atoms with Gasteiger partial charge in [0, 0.05) is 37.9 Å². The molecule has 1 aliphatic rings. The number of imidazole rings is 2. The number of carbonyl (C=O) groups is 1. The molecule has 0 saturated heterocycles. The summed E-state index contributed by atoms with van der Waals surface area (Å²) in [5.41, 5.74) is 0. The molecule has 0 radical (unpaired) electrons. The molecule has 3 rings (SSSR count). The highest BCUT2D eigenvalue weighted by Crippen LogP contribution is 2.28. The maximum absolute atomic E-state index is 12.3. The number of nitrogens with zero attached hydrogens (tertiary/aromatic N) is 5. The third-order valence-electron chi connectivity index (χ3n) is 3.19. The Labute approximate surface area is 105 Å². The van der Waals surface area contributed by atoms with Gasteiger partial charge in [-0.2, -0.15) is 0 Å². The van der Waals surface area contributed by atoms with Gasteiger partial charge < -0.3 is 9.47 Å². The SMILES string of the molecule is Cn1ccnc1CN(C(=O)n1ccnc1)C1CC1. The molecule has 2 aromatic rings. The number of aryl methyl sites for hydroxylation is 1. The van der Waals surface area contributed by atoms with Crippen LogP contribution in [0.3, 0.4) is 0 Å². The van der Waals surface area contributed by atoms with Gasteiger partial charge in [0.2, 0.25) is 0 Å². The van der Waals surface area contributed by atoms with Crippen molar-refractivity contribution in [3.63, 3.8) is 0 Å². The zero-order valence-corrected chi connectivity index (χ0v) is 10.2. The summed E-state index contributed by atoms with van der Waals surface area (Å²) >= 11 is 0. The summed E-state index contributed by atoms with van der Waals surface area (Å²) in [5, 5.41) is 0. The number of carbonyl (C=O) groups excluding carboxylic acids is 1. The summed E-state index contributed by atoms with van der Waals surface area (Å²) in [6.45, 7) is 0.547. The van der Waals surface area contributed by atoms with E-state index in [1.165, 1.54) is 10.9 Å². The largest absolute Gasteiger partial charge is 0.337 e. The standard InChI is InChI=1S/C12H15N5O/c1-15-6-5-14-11(15)8-17(10-2-3-10)12(18)16-7-4-13-9-16/h4-7,9-10H,2-3,8H2,1H3. The predicted octanol–water partition coefficient (Wildman–Crippen LogP) is 1.25. The Morgan fingerprint density at radius 3 is 2.83 bits per heavy atom. The van der Waals surface area contributed by atoms with Crippen molar-refractivity contribution < 1.29 is 4.79 Å². The van der Waals surface area contributed by atoms with Crippen molar-refractivity contribution in [3.8, 4) is 0 Å². The molecule has 1 saturated carbocycles. The molecule has 0 aliphatic heterocycles. The topological polar surface area (TPSA) is 56.0 Å². The van der Waals surface area contributed by atoms with E-state index in [-0.39, 0.29) is 6.03 Å². The smallest absolute Gasteiger partial charge is 0.330 e. The zero-order chi connectivity index (χ0) is 12.5. The maximum Gasteiger partial charge on any atom is 0.330 e. The van der Waals surface area contributed by atoms with Crippen LogP contribution < -0.4 is 0 Å². The van der Waals surface area contributed by atoms with Crippen LogP contribution in [0.25, 0.3) is 0 Å². The molecule has 6 nitrogen and oxygen atoms in total. The molecule has 1 aliphatic carbocycles. The van der Waals surface area contributed by atoms with E-state index in [0.717, 1.165) is 18.7 Å². The highest BCUT2D eigenvalue weighted by molar-refractivity contribution is 5.77. The van der Waals surface area contributed by atoms with Crippen molar-refractivity contribution in [3.05, 3.63) is 36.9 Å². The van der Waals surface area contributed by atoms with Crippen LogP contribution >= 0.6 is 0 Å². The van der Waals surface area contributed by atoms with E-state index in [2.05, 4.69) is 9.97 Å². The van der Waals surface area contributed by atoms with E-state index >= 15 is 0 Å². The van der Waals surface area contributed by atoms with Crippen LogP contribution in [0.15, 0.2) is 31.1 Å². The van der Waals surface area contributed by atoms with Crippen molar-refractivity contribution in [2.75, 3.05) is 0 Å². The monoisotopic (exact) mass is 245 g/mol. The Bertz CT molecular complexity index is 541. The Morgan fingerprint density at radius 2 is 2.28 bits per heavy atom. The van der Waals surface area contributed by atoms with Gasteiger partial charge in [-0.3, -0.25) is 4.57 Å². The van der Waals surface area contributed by atoms with Gasteiger partial charge in [-0.05, 0) is 12.8 Å². The Balaban J connectivity index is 1.81. The molecule has 18 heavy (non-hydrogen) atoms. The lowest BCUT2D eigenvalue weighted by Crippen LogP contribution is -2.36. The average molecular weight is 245 g/mol. The van der Waals surface area contributed by atoms with Crippen molar-refractivity contribution >= 4 is 6.03 Å². The molecule has 1 fully saturated rings. The van der Waals surface area contributed by atoms with Gasteiger partial charge in [0.15, 0.2) is 0 Å². The summed E-state index contributed by atoms with van der Waals surface area (Å²) < 4.78 is 3.46. The molecule has 0 atom stereocenters. The lowest BCUT2D eigenvalue weighted by Gasteiger charge is -2.21. The van der Waals surface area contributed by atoms with E-state index in [9.17, 15) is 4.79 Å². The van der Waals surface area contributed by atoms with Crippen LogP contribution in [0.2, 0.25) is 0 Å². The Hall–Kier alpha value is -2.11. The average Bonchev–Trinajstić information content (AvgIpc) is 2.90. The van der Waals surface area contributed by atoms with Crippen LogP contribution in [-0.4, -0.2) is 36.1 Å². The highest BCUT2D eigenvalue weighted by atomic mass is 16.2. The molecule has 0 aromatic carbocycles. The van der Waals surface area contributed by atoms with Gasteiger partial charge in [-0.15, -0.1) is 0 Å². The van der Waals surface area contributed by atoms with Crippen LogP contribution in [0.5, 0.6) is 0 Å².